The van der Waals surface area contributed by atoms with E-state index in [1.165, 1.54) is 17.7 Å². The van der Waals surface area contributed by atoms with Gasteiger partial charge in [-0.25, -0.2) is 13.6 Å². The molecule has 1 aliphatic heterocycles. The Hall–Kier alpha value is -2.05. The average molecular weight is 304 g/mol. The third kappa shape index (κ3) is 3.01. The molecule has 5 nitrogen and oxygen atoms in total. The molecule has 0 saturated carbocycles. The zero-order valence-electron chi connectivity index (χ0n) is 11.4. The molecule has 3 rings (SSSR count). The van der Waals surface area contributed by atoms with Crippen molar-refractivity contribution in [1.82, 2.24) is 0 Å². The second-order valence-electron chi connectivity index (χ2n) is 4.94. The van der Waals surface area contributed by atoms with Crippen molar-refractivity contribution in [1.29, 1.82) is 0 Å². The molecule has 0 fully saturated rings. The third-order valence-corrected chi connectivity index (χ3v) is 4.35. The van der Waals surface area contributed by atoms with Crippen LogP contribution in [0.25, 0.3) is 0 Å². The number of nitrogens with one attached hydrogen (secondary N) is 1. The van der Waals surface area contributed by atoms with E-state index in [-0.39, 0.29) is 4.90 Å². The number of benzene rings is 2. The van der Waals surface area contributed by atoms with Gasteiger partial charge in [-0.05, 0) is 48.7 Å². The van der Waals surface area contributed by atoms with Crippen molar-refractivity contribution < 1.29 is 13.2 Å². The van der Waals surface area contributed by atoms with Crippen LogP contribution in [0.15, 0.2) is 47.4 Å². The van der Waals surface area contributed by atoms with Crippen LogP contribution in [-0.4, -0.2) is 15.0 Å². The SMILES string of the molecule is NS(=O)(=O)c1ccc(Oc2cccc3c2NCCC3)cc1. The zero-order chi connectivity index (χ0) is 14.9. The summed E-state index contributed by atoms with van der Waals surface area (Å²) in [6.07, 6.45) is 2.14. The molecule has 0 aromatic heterocycles. The van der Waals surface area contributed by atoms with E-state index in [2.05, 4.69) is 11.4 Å². The number of hydrogen-bond donors (Lipinski definition) is 2. The van der Waals surface area contributed by atoms with Crippen LogP contribution in [0.4, 0.5) is 5.69 Å². The maximum absolute atomic E-state index is 11.2. The number of anilines is 1. The Bertz CT molecular complexity index is 755. The summed E-state index contributed by atoms with van der Waals surface area (Å²) in [6, 6.07) is 12.0. The minimum absolute atomic E-state index is 0.0723. The standard InChI is InChI=1S/C15H16N2O3S/c16-21(18,19)13-8-6-12(7-9-13)20-14-5-1-3-11-4-2-10-17-15(11)14/h1,3,5-9,17H,2,4,10H2,(H2,16,18,19). The number of sulfonamides is 1. The van der Waals surface area contributed by atoms with Gasteiger partial charge >= 0.3 is 0 Å². The largest absolute Gasteiger partial charge is 0.455 e. The molecule has 0 bridgehead atoms. The highest BCUT2D eigenvalue weighted by atomic mass is 32.2. The Morgan fingerprint density at radius 1 is 1.10 bits per heavy atom. The Morgan fingerprint density at radius 3 is 2.57 bits per heavy atom. The van der Waals surface area contributed by atoms with Crippen molar-refractivity contribution >= 4 is 15.7 Å². The molecule has 0 atom stereocenters. The smallest absolute Gasteiger partial charge is 0.238 e. The van der Waals surface area contributed by atoms with Gasteiger partial charge < -0.3 is 10.1 Å². The molecule has 21 heavy (non-hydrogen) atoms. The molecule has 0 spiro atoms. The number of fused-ring (bicyclic) bond motifs is 1. The molecule has 0 amide bonds. The lowest BCUT2D eigenvalue weighted by molar-refractivity contribution is 0.482. The topological polar surface area (TPSA) is 81.4 Å². The van der Waals surface area contributed by atoms with Crippen LogP contribution in [0.1, 0.15) is 12.0 Å². The van der Waals surface area contributed by atoms with E-state index < -0.39 is 10.0 Å². The number of nitrogens with two attached hydrogens (primary N) is 1. The van der Waals surface area contributed by atoms with E-state index in [0.717, 1.165) is 30.8 Å². The van der Waals surface area contributed by atoms with E-state index in [9.17, 15) is 8.42 Å². The number of primary sulfonamides is 1. The average Bonchev–Trinajstić information content (AvgIpc) is 2.47. The molecule has 3 N–H and O–H groups in total. The molecular formula is C15H16N2O3S. The molecule has 110 valence electrons. The first-order valence-corrected chi connectivity index (χ1v) is 8.25. The maximum atomic E-state index is 11.2. The van der Waals surface area contributed by atoms with Crippen molar-refractivity contribution in [2.45, 2.75) is 17.7 Å². The number of rotatable bonds is 3. The molecule has 2 aromatic rings. The van der Waals surface area contributed by atoms with Crippen molar-refractivity contribution in [3.05, 3.63) is 48.0 Å². The van der Waals surface area contributed by atoms with Crippen LogP contribution >= 0.6 is 0 Å². The molecule has 0 unspecified atom stereocenters. The minimum Gasteiger partial charge on any atom is -0.455 e. The van der Waals surface area contributed by atoms with Crippen LogP contribution in [0.5, 0.6) is 11.5 Å². The van der Waals surface area contributed by atoms with E-state index in [1.54, 1.807) is 12.1 Å². The predicted octanol–water partition coefficient (Wildman–Crippen LogP) is 2.48. The van der Waals surface area contributed by atoms with E-state index in [0.29, 0.717) is 5.75 Å². The summed E-state index contributed by atoms with van der Waals surface area (Å²) >= 11 is 0. The van der Waals surface area contributed by atoms with Gasteiger partial charge in [0, 0.05) is 6.54 Å². The fraction of sp³-hybridized carbons (Fsp3) is 0.200. The van der Waals surface area contributed by atoms with E-state index in [1.807, 2.05) is 12.1 Å². The van der Waals surface area contributed by atoms with Crippen molar-refractivity contribution in [2.24, 2.45) is 5.14 Å². The molecule has 0 aliphatic carbocycles. The molecule has 6 heteroatoms. The quantitative estimate of drug-likeness (QED) is 0.912. The second kappa shape index (κ2) is 5.38. The monoisotopic (exact) mass is 304 g/mol. The molecule has 1 aliphatic rings. The highest BCUT2D eigenvalue weighted by molar-refractivity contribution is 7.89. The summed E-state index contributed by atoms with van der Waals surface area (Å²) in [6.45, 7) is 0.928. The van der Waals surface area contributed by atoms with Gasteiger partial charge in [-0.3, -0.25) is 0 Å². The Balaban J connectivity index is 1.87. The van der Waals surface area contributed by atoms with Crippen molar-refractivity contribution in [3.8, 4) is 11.5 Å². The fourth-order valence-electron chi connectivity index (χ4n) is 2.39. The first-order chi connectivity index (χ1) is 10.0. The summed E-state index contributed by atoms with van der Waals surface area (Å²) in [4.78, 5) is 0.0723. The molecule has 1 heterocycles. The van der Waals surface area contributed by atoms with Gasteiger partial charge in [-0.15, -0.1) is 0 Å². The molecule has 2 aromatic carbocycles. The van der Waals surface area contributed by atoms with Crippen LogP contribution in [0, 0.1) is 0 Å². The van der Waals surface area contributed by atoms with Gasteiger partial charge in [-0.2, -0.15) is 0 Å². The zero-order valence-corrected chi connectivity index (χ0v) is 12.2. The number of hydrogen-bond acceptors (Lipinski definition) is 4. The highest BCUT2D eigenvalue weighted by Crippen LogP contribution is 2.35. The number of aryl methyl sites for hydroxylation is 1. The van der Waals surface area contributed by atoms with Gasteiger partial charge in [0.05, 0.1) is 10.6 Å². The Kier molecular flexibility index (Phi) is 3.57. The van der Waals surface area contributed by atoms with Crippen molar-refractivity contribution in [2.75, 3.05) is 11.9 Å². The number of ether oxygens (including phenoxy) is 1. The van der Waals surface area contributed by atoms with Gasteiger partial charge in [0.25, 0.3) is 0 Å². The minimum atomic E-state index is -3.67. The first-order valence-electron chi connectivity index (χ1n) is 6.70. The fourth-order valence-corrected chi connectivity index (χ4v) is 2.90. The summed E-state index contributed by atoms with van der Waals surface area (Å²) in [5.41, 5.74) is 2.25. The first kappa shape index (κ1) is 13.9. The summed E-state index contributed by atoms with van der Waals surface area (Å²) in [5.74, 6) is 1.32. The lowest BCUT2D eigenvalue weighted by atomic mass is 10.0. The lowest BCUT2D eigenvalue weighted by Gasteiger charge is -2.21. The predicted molar refractivity (Wildman–Crippen MR) is 81.1 cm³/mol. The van der Waals surface area contributed by atoms with Gasteiger partial charge in [-0.1, -0.05) is 12.1 Å². The third-order valence-electron chi connectivity index (χ3n) is 3.42. The van der Waals surface area contributed by atoms with Crippen LogP contribution in [-0.2, 0) is 16.4 Å². The van der Waals surface area contributed by atoms with E-state index in [4.69, 9.17) is 9.88 Å². The number of para-hydroxylation sites is 1. The van der Waals surface area contributed by atoms with Crippen LogP contribution < -0.4 is 15.2 Å². The molecule has 0 radical (unpaired) electrons. The van der Waals surface area contributed by atoms with E-state index >= 15 is 0 Å². The van der Waals surface area contributed by atoms with Crippen LogP contribution in [0.3, 0.4) is 0 Å². The Morgan fingerprint density at radius 2 is 1.86 bits per heavy atom. The molecular weight excluding hydrogens is 288 g/mol. The lowest BCUT2D eigenvalue weighted by Crippen LogP contribution is -2.12. The molecule has 0 saturated heterocycles. The van der Waals surface area contributed by atoms with Crippen LogP contribution in [0.2, 0.25) is 0 Å². The maximum Gasteiger partial charge on any atom is 0.238 e. The Labute approximate surface area is 123 Å². The van der Waals surface area contributed by atoms with Gasteiger partial charge in [0.15, 0.2) is 5.75 Å². The van der Waals surface area contributed by atoms with Gasteiger partial charge in [0.2, 0.25) is 10.0 Å². The summed E-state index contributed by atoms with van der Waals surface area (Å²) in [5, 5.41) is 8.42. The second-order valence-corrected chi connectivity index (χ2v) is 6.50. The summed E-state index contributed by atoms with van der Waals surface area (Å²) in [7, 11) is -3.67. The highest BCUT2D eigenvalue weighted by Gasteiger charge is 2.14. The van der Waals surface area contributed by atoms with Crippen molar-refractivity contribution in [3.63, 3.8) is 0 Å². The van der Waals surface area contributed by atoms with Gasteiger partial charge in [0.1, 0.15) is 5.75 Å². The normalized spacial score (nSPS) is 14.1. The summed E-state index contributed by atoms with van der Waals surface area (Å²) < 4.78 is 28.3.